The molecule has 20 heavy (non-hydrogen) atoms. The van der Waals surface area contributed by atoms with Crippen LogP contribution >= 0.6 is 22.9 Å². The van der Waals surface area contributed by atoms with Gasteiger partial charge in [0, 0.05) is 16.2 Å². The fraction of sp³-hybridized carbons (Fsp3) is 0.100. The van der Waals surface area contributed by atoms with E-state index in [1.165, 1.54) is 17.8 Å². The highest BCUT2D eigenvalue weighted by Gasteiger charge is 2.17. The zero-order valence-electron chi connectivity index (χ0n) is 9.98. The van der Waals surface area contributed by atoms with Gasteiger partial charge in [0.1, 0.15) is 6.20 Å². The molecule has 2 aromatic rings. The predicted octanol–water partition coefficient (Wildman–Crippen LogP) is 2.54. The van der Waals surface area contributed by atoms with Crippen LogP contribution in [0.5, 0.6) is 11.5 Å². The molecule has 0 aliphatic heterocycles. The minimum atomic E-state index is -0.572. The van der Waals surface area contributed by atoms with Crippen molar-refractivity contribution in [2.24, 2.45) is 5.11 Å². The Morgan fingerprint density at radius 2 is 2.20 bits per heavy atom. The molecule has 0 spiro atoms. The predicted molar refractivity (Wildman–Crippen MR) is 69.3 cm³/mol. The second-order valence-corrected chi connectivity index (χ2v) is 5.03. The largest absolute Gasteiger partial charge is 0.871 e. The Balaban J connectivity index is 2.39. The van der Waals surface area contributed by atoms with E-state index in [1.807, 2.05) is 0 Å². The van der Waals surface area contributed by atoms with E-state index in [-0.39, 0.29) is 26.6 Å². The fourth-order valence-electron chi connectivity index (χ4n) is 1.36. The van der Waals surface area contributed by atoms with Crippen LogP contribution in [0.2, 0.25) is 5.02 Å². The lowest BCUT2D eigenvalue weighted by Gasteiger charge is -2.08. The van der Waals surface area contributed by atoms with Gasteiger partial charge in [0.05, 0.1) is 4.92 Å². The van der Waals surface area contributed by atoms with Gasteiger partial charge in [0.25, 0.3) is 10.8 Å². The SMILES string of the molecule is C[N+](=Nc1ncc([N+](=O)[O-])s1)c1cc(Cl)c([O-])cc1O. The van der Waals surface area contributed by atoms with Crippen molar-refractivity contribution in [2.45, 2.75) is 0 Å². The van der Waals surface area contributed by atoms with Crippen LogP contribution in [0.3, 0.4) is 0 Å². The third kappa shape index (κ3) is 2.83. The number of aromatic nitrogens is 1. The molecule has 0 amide bonds. The maximum Gasteiger partial charge on any atom is 0.345 e. The molecule has 1 heterocycles. The van der Waals surface area contributed by atoms with E-state index in [2.05, 4.69) is 10.1 Å². The summed E-state index contributed by atoms with van der Waals surface area (Å²) in [5, 5.41) is 35.3. The normalized spacial score (nSPS) is 11.6. The summed E-state index contributed by atoms with van der Waals surface area (Å²) in [6.07, 6.45) is 1.09. The summed E-state index contributed by atoms with van der Waals surface area (Å²) in [6, 6.07) is 2.22. The maximum atomic E-state index is 11.2. The lowest BCUT2D eigenvalue weighted by Crippen LogP contribution is -1.96. The average molecular weight is 315 g/mol. The first kappa shape index (κ1) is 14.2. The van der Waals surface area contributed by atoms with Gasteiger partial charge in [0.15, 0.2) is 12.8 Å². The molecule has 0 radical (unpaired) electrons. The summed E-state index contributed by atoms with van der Waals surface area (Å²) in [5.74, 6) is -0.803. The van der Waals surface area contributed by atoms with E-state index in [0.29, 0.717) is 0 Å². The molecule has 0 saturated heterocycles. The Hall–Kier alpha value is -2.26. The number of phenols is 1. The van der Waals surface area contributed by atoms with Gasteiger partial charge in [0.2, 0.25) is 0 Å². The second-order valence-electron chi connectivity index (χ2n) is 3.63. The number of hydrogen-bond acceptors (Lipinski definition) is 7. The zero-order valence-corrected chi connectivity index (χ0v) is 11.6. The van der Waals surface area contributed by atoms with Gasteiger partial charge >= 0.3 is 5.00 Å². The van der Waals surface area contributed by atoms with E-state index in [9.17, 15) is 20.3 Å². The molecule has 1 aromatic heterocycles. The smallest absolute Gasteiger partial charge is 0.345 e. The fourth-order valence-corrected chi connectivity index (χ4v) is 2.15. The van der Waals surface area contributed by atoms with Gasteiger partial charge in [-0.05, 0) is 17.4 Å². The highest BCUT2D eigenvalue weighted by Crippen LogP contribution is 2.35. The third-order valence-electron chi connectivity index (χ3n) is 2.27. The molecule has 2 rings (SSSR count). The molecule has 0 aliphatic carbocycles. The van der Waals surface area contributed by atoms with Gasteiger partial charge in [-0.3, -0.25) is 10.1 Å². The quantitative estimate of drug-likeness (QED) is 0.404. The van der Waals surface area contributed by atoms with E-state index in [0.717, 1.165) is 23.6 Å². The zero-order chi connectivity index (χ0) is 14.9. The van der Waals surface area contributed by atoms with Gasteiger partial charge in [-0.2, -0.15) is 0 Å². The summed E-state index contributed by atoms with van der Waals surface area (Å²) in [5.41, 5.74) is 0.187. The van der Waals surface area contributed by atoms with Crippen molar-refractivity contribution >= 4 is 38.8 Å². The molecule has 104 valence electrons. The van der Waals surface area contributed by atoms with Crippen molar-refractivity contribution < 1.29 is 19.8 Å². The van der Waals surface area contributed by atoms with Crippen molar-refractivity contribution in [3.8, 4) is 11.5 Å². The number of nitro groups is 1. The lowest BCUT2D eigenvalue weighted by atomic mass is 10.3. The van der Waals surface area contributed by atoms with Crippen molar-refractivity contribution in [1.29, 1.82) is 0 Å². The highest BCUT2D eigenvalue weighted by molar-refractivity contribution is 7.18. The molecule has 0 fully saturated rings. The Kier molecular flexibility index (Phi) is 3.81. The first-order chi connectivity index (χ1) is 9.38. The van der Waals surface area contributed by atoms with E-state index in [1.54, 1.807) is 0 Å². The Bertz CT molecular complexity index is 715. The first-order valence-corrected chi connectivity index (χ1v) is 6.33. The Labute approximate surface area is 121 Å². The van der Waals surface area contributed by atoms with Crippen LogP contribution in [0.15, 0.2) is 23.4 Å². The topological polar surface area (TPSA) is 115 Å². The molecule has 0 bridgehead atoms. The minimum Gasteiger partial charge on any atom is -0.871 e. The van der Waals surface area contributed by atoms with Crippen LogP contribution in [0.25, 0.3) is 0 Å². The number of benzene rings is 1. The molecular weight excluding hydrogens is 308 g/mol. The van der Waals surface area contributed by atoms with Crippen molar-refractivity contribution in [2.75, 3.05) is 7.05 Å². The molecular formula is C10H7ClN4O4S. The number of azo groups is 2. The monoisotopic (exact) mass is 314 g/mol. The van der Waals surface area contributed by atoms with Gasteiger partial charge in [-0.1, -0.05) is 22.0 Å². The molecule has 0 saturated carbocycles. The molecule has 1 N–H and O–H groups in total. The van der Waals surface area contributed by atoms with Crippen molar-refractivity contribution in [1.82, 2.24) is 4.98 Å². The van der Waals surface area contributed by atoms with Gasteiger partial charge in [-0.25, -0.2) is 4.98 Å². The van der Waals surface area contributed by atoms with Crippen LogP contribution in [-0.2, 0) is 0 Å². The summed E-state index contributed by atoms with van der Waals surface area (Å²) in [7, 11) is 1.49. The van der Waals surface area contributed by atoms with Crippen LogP contribution in [0.4, 0.5) is 15.8 Å². The summed E-state index contributed by atoms with van der Waals surface area (Å²) < 4.78 is 1.23. The number of thiazole rings is 1. The third-order valence-corrected chi connectivity index (χ3v) is 3.40. The average Bonchev–Trinajstić information content (AvgIpc) is 2.82. The Morgan fingerprint density at radius 1 is 1.50 bits per heavy atom. The molecule has 8 nitrogen and oxygen atoms in total. The summed E-state index contributed by atoms with van der Waals surface area (Å²) >= 11 is 6.47. The first-order valence-electron chi connectivity index (χ1n) is 5.13. The molecule has 0 unspecified atom stereocenters. The summed E-state index contributed by atoms with van der Waals surface area (Å²) in [4.78, 5) is 13.7. The van der Waals surface area contributed by atoms with Crippen LogP contribution in [0.1, 0.15) is 0 Å². The number of rotatable bonds is 3. The Morgan fingerprint density at radius 3 is 2.80 bits per heavy atom. The molecule has 1 aromatic carbocycles. The highest BCUT2D eigenvalue weighted by atomic mass is 35.5. The van der Waals surface area contributed by atoms with Crippen LogP contribution in [-0.4, -0.2) is 26.8 Å². The number of halogens is 1. The minimum absolute atomic E-state index is 0.0648. The number of phenolic OH excluding ortho intramolecular Hbond substituents is 1. The lowest BCUT2D eigenvalue weighted by molar-refractivity contribution is -0.477. The van der Waals surface area contributed by atoms with Crippen LogP contribution in [0, 0.1) is 10.1 Å². The van der Waals surface area contributed by atoms with Crippen molar-refractivity contribution in [3.05, 3.63) is 33.5 Å². The summed E-state index contributed by atoms with van der Waals surface area (Å²) in [6.45, 7) is 0. The second kappa shape index (κ2) is 5.39. The van der Waals surface area contributed by atoms with E-state index >= 15 is 0 Å². The molecule has 0 aliphatic rings. The van der Waals surface area contributed by atoms with Gasteiger partial charge < -0.3 is 10.2 Å². The number of aromatic hydroxyl groups is 1. The molecule has 0 atom stereocenters. The van der Waals surface area contributed by atoms with E-state index in [4.69, 9.17) is 11.6 Å². The molecule has 10 heteroatoms. The van der Waals surface area contributed by atoms with Gasteiger partial charge in [-0.15, -0.1) is 0 Å². The number of nitrogens with zero attached hydrogens (tertiary/aromatic N) is 4. The maximum absolute atomic E-state index is 11.2. The number of hydrogen-bond donors (Lipinski definition) is 1. The van der Waals surface area contributed by atoms with Crippen molar-refractivity contribution in [3.63, 3.8) is 0 Å². The standard InChI is InChI=1S/C10H7ClN4O4S/c1-14(6-2-5(11)7(16)3-8(6)17)13-10-12-4-9(20-10)15(18)19/h2-4H,1H3,(H-,12,13,16,17). The van der Waals surface area contributed by atoms with E-state index < -0.39 is 10.7 Å². The van der Waals surface area contributed by atoms with Crippen LogP contribution < -0.4 is 5.11 Å².